The Balaban J connectivity index is 1.72. The van der Waals surface area contributed by atoms with Crippen LogP contribution in [-0.2, 0) is 6.54 Å². The van der Waals surface area contributed by atoms with Gasteiger partial charge in [-0.25, -0.2) is 0 Å². The standard InChI is InChI=1S/C17H28N4O/c1-18-17(19-2)20-12-14-8-10-21(11-9-14)13-15-4-6-16(22-3)7-5-15/h4-7,14H,8-13H2,1-3H3,(H2,18,19,20). The van der Waals surface area contributed by atoms with E-state index in [4.69, 9.17) is 4.74 Å². The normalized spacial score (nSPS) is 17.3. The van der Waals surface area contributed by atoms with Crippen LogP contribution in [0.15, 0.2) is 29.3 Å². The lowest BCUT2D eigenvalue weighted by Crippen LogP contribution is -2.41. The highest BCUT2D eigenvalue weighted by atomic mass is 16.5. The minimum absolute atomic E-state index is 0.734. The van der Waals surface area contributed by atoms with Crippen LogP contribution in [0.2, 0.25) is 0 Å². The summed E-state index contributed by atoms with van der Waals surface area (Å²) in [5.74, 6) is 2.53. The van der Waals surface area contributed by atoms with Gasteiger partial charge in [-0.2, -0.15) is 0 Å². The molecule has 0 aromatic heterocycles. The van der Waals surface area contributed by atoms with Crippen LogP contribution < -0.4 is 15.4 Å². The van der Waals surface area contributed by atoms with Crippen LogP contribution in [0, 0.1) is 5.92 Å². The first kappa shape index (κ1) is 16.6. The van der Waals surface area contributed by atoms with Gasteiger partial charge in [-0.05, 0) is 49.5 Å². The predicted molar refractivity (Wildman–Crippen MR) is 91.4 cm³/mol. The van der Waals surface area contributed by atoms with Crippen LogP contribution >= 0.6 is 0 Å². The second-order valence-corrected chi connectivity index (χ2v) is 5.77. The monoisotopic (exact) mass is 304 g/mol. The molecule has 122 valence electrons. The minimum atomic E-state index is 0.734. The number of hydrogen-bond donors (Lipinski definition) is 2. The lowest BCUT2D eigenvalue weighted by Gasteiger charge is -2.32. The van der Waals surface area contributed by atoms with E-state index in [1.807, 2.05) is 19.2 Å². The zero-order valence-corrected chi connectivity index (χ0v) is 13.9. The molecule has 1 saturated heterocycles. The summed E-state index contributed by atoms with van der Waals surface area (Å²) in [5, 5.41) is 6.43. The van der Waals surface area contributed by atoms with E-state index in [9.17, 15) is 0 Å². The van der Waals surface area contributed by atoms with Crippen molar-refractivity contribution in [2.75, 3.05) is 40.8 Å². The van der Waals surface area contributed by atoms with E-state index in [0.717, 1.165) is 43.8 Å². The summed E-state index contributed by atoms with van der Waals surface area (Å²) in [4.78, 5) is 6.68. The zero-order valence-electron chi connectivity index (χ0n) is 13.9. The Bertz CT molecular complexity index is 464. The second-order valence-electron chi connectivity index (χ2n) is 5.77. The summed E-state index contributed by atoms with van der Waals surface area (Å²) in [6.07, 6.45) is 2.48. The molecule has 2 N–H and O–H groups in total. The maximum absolute atomic E-state index is 5.20. The van der Waals surface area contributed by atoms with Gasteiger partial charge < -0.3 is 15.4 Å². The summed E-state index contributed by atoms with van der Waals surface area (Å²) in [7, 11) is 5.40. The van der Waals surface area contributed by atoms with Gasteiger partial charge >= 0.3 is 0 Å². The summed E-state index contributed by atoms with van der Waals surface area (Å²) in [6.45, 7) is 4.36. The van der Waals surface area contributed by atoms with Crippen molar-refractivity contribution in [3.8, 4) is 5.75 Å². The summed E-state index contributed by atoms with van der Waals surface area (Å²) < 4.78 is 5.20. The average Bonchev–Trinajstić information content (AvgIpc) is 2.58. The fourth-order valence-electron chi connectivity index (χ4n) is 2.86. The molecule has 0 bridgehead atoms. The fourth-order valence-corrected chi connectivity index (χ4v) is 2.86. The molecule has 0 aliphatic carbocycles. The molecule has 1 heterocycles. The smallest absolute Gasteiger partial charge is 0.190 e. The molecule has 1 fully saturated rings. The van der Waals surface area contributed by atoms with Gasteiger partial charge in [-0.1, -0.05) is 12.1 Å². The Morgan fingerprint density at radius 1 is 1.27 bits per heavy atom. The number of benzene rings is 1. The van der Waals surface area contributed by atoms with Gasteiger partial charge in [0, 0.05) is 27.2 Å². The third-order valence-corrected chi connectivity index (χ3v) is 4.29. The van der Waals surface area contributed by atoms with Crippen molar-refractivity contribution in [2.45, 2.75) is 19.4 Å². The van der Waals surface area contributed by atoms with Crippen molar-refractivity contribution < 1.29 is 4.74 Å². The lowest BCUT2D eigenvalue weighted by molar-refractivity contribution is 0.178. The number of methoxy groups -OCH3 is 1. The molecule has 0 amide bonds. The molecule has 5 nitrogen and oxygen atoms in total. The first-order valence-corrected chi connectivity index (χ1v) is 7.99. The molecule has 5 heteroatoms. The molecular weight excluding hydrogens is 276 g/mol. The number of nitrogens with one attached hydrogen (secondary N) is 2. The summed E-state index contributed by atoms with van der Waals surface area (Å²) in [5.41, 5.74) is 1.35. The zero-order chi connectivity index (χ0) is 15.8. The van der Waals surface area contributed by atoms with Crippen LogP contribution in [0.25, 0.3) is 0 Å². The van der Waals surface area contributed by atoms with Gasteiger partial charge in [0.05, 0.1) is 7.11 Å². The number of aliphatic imine (C=N–C) groups is 1. The molecular formula is C17H28N4O. The number of ether oxygens (including phenoxy) is 1. The van der Waals surface area contributed by atoms with Crippen molar-refractivity contribution in [2.24, 2.45) is 10.9 Å². The Morgan fingerprint density at radius 2 is 1.95 bits per heavy atom. The molecule has 0 unspecified atom stereocenters. The Morgan fingerprint density at radius 3 is 2.50 bits per heavy atom. The lowest BCUT2D eigenvalue weighted by atomic mass is 9.96. The molecule has 0 saturated carbocycles. The minimum Gasteiger partial charge on any atom is -0.497 e. The highest BCUT2D eigenvalue weighted by molar-refractivity contribution is 5.79. The van der Waals surface area contributed by atoms with Gasteiger partial charge in [-0.3, -0.25) is 9.89 Å². The molecule has 0 atom stereocenters. The SMILES string of the molecule is CN=C(NC)NCC1CCN(Cc2ccc(OC)cc2)CC1. The van der Waals surface area contributed by atoms with Crippen molar-refractivity contribution in [1.29, 1.82) is 0 Å². The highest BCUT2D eigenvalue weighted by Crippen LogP contribution is 2.19. The van der Waals surface area contributed by atoms with Gasteiger partial charge in [-0.15, -0.1) is 0 Å². The highest BCUT2D eigenvalue weighted by Gasteiger charge is 2.19. The van der Waals surface area contributed by atoms with Gasteiger partial charge in [0.1, 0.15) is 5.75 Å². The third-order valence-electron chi connectivity index (χ3n) is 4.29. The Labute approximate surface area is 133 Å². The fraction of sp³-hybridized carbons (Fsp3) is 0.588. The van der Waals surface area contributed by atoms with Crippen LogP contribution in [-0.4, -0.2) is 51.7 Å². The summed E-state index contributed by atoms with van der Waals surface area (Å²) in [6, 6.07) is 8.39. The molecule has 1 aliphatic rings. The van der Waals surface area contributed by atoms with E-state index in [2.05, 4.69) is 32.7 Å². The van der Waals surface area contributed by atoms with Crippen LogP contribution in [0.4, 0.5) is 0 Å². The van der Waals surface area contributed by atoms with Gasteiger partial charge in [0.15, 0.2) is 5.96 Å². The summed E-state index contributed by atoms with van der Waals surface area (Å²) >= 11 is 0. The first-order valence-electron chi connectivity index (χ1n) is 7.99. The maximum atomic E-state index is 5.20. The van der Waals surface area contributed by atoms with Crippen molar-refractivity contribution in [3.05, 3.63) is 29.8 Å². The first-order chi connectivity index (χ1) is 10.7. The predicted octanol–water partition coefficient (Wildman–Crippen LogP) is 1.70. The number of nitrogens with zero attached hydrogens (tertiary/aromatic N) is 2. The molecule has 22 heavy (non-hydrogen) atoms. The van der Waals surface area contributed by atoms with Gasteiger partial charge in [0.2, 0.25) is 0 Å². The second kappa shape index (κ2) is 8.63. The largest absolute Gasteiger partial charge is 0.497 e. The number of rotatable bonds is 5. The molecule has 0 spiro atoms. The average molecular weight is 304 g/mol. The van der Waals surface area contributed by atoms with Crippen molar-refractivity contribution >= 4 is 5.96 Å². The van der Waals surface area contributed by atoms with Crippen LogP contribution in [0.1, 0.15) is 18.4 Å². The number of hydrogen-bond acceptors (Lipinski definition) is 3. The maximum Gasteiger partial charge on any atom is 0.190 e. The number of likely N-dealkylation sites (tertiary alicyclic amines) is 1. The third kappa shape index (κ3) is 4.91. The van der Waals surface area contributed by atoms with Crippen LogP contribution in [0.3, 0.4) is 0 Å². The Kier molecular flexibility index (Phi) is 6.52. The van der Waals surface area contributed by atoms with Gasteiger partial charge in [0.25, 0.3) is 0 Å². The molecule has 2 rings (SSSR count). The van der Waals surface area contributed by atoms with E-state index >= 15 is 0 Å². The molecule has 1 aliphatic heterocycles. The van der Waals surface area contributed by atoms with E-state index in [-0.39, 0.29) is 0 Å². The topological polar surface area (TPSA) is 48.9 Å². The Hall–Kier alpha value is -1.75. The number of guanidine groups is 1. The molecule has 1 aromatic carbocycles. The molecule has 0 radical (unpaired) electrons. The van der Waals surface area contributed by atoms with Crippen molar-refractivity contribution in [3.63, 3.8) is 0 Å². The molecule has 1 aromatic rings. The number of piperidine rings is 1. The van der Waals surface area contributed by atoms with E-state index < -0.39 is 0 Å². The van der Waals surface area contributed by atoms with E-state index in [1.165, 1.54) is 18.4 Å². The van der Waals surface area contributed by atoms with Crippen LogP contribution in [0.5, 0.6) is 5.75 Å². The van der Waals surface area contributed by atoms with E-state index in [0.29, 0.717) is 0 Å². The van der Waals surface area contributed by atoms with E-state index in [1.54, 1.807) is 14.2 Å². The quantitative estimate of drug-likeness (QED) is 0.642. The van der Waals surface area contributed by atoms with Crippen molar-refractivity contribution in [1.82, 2.24) is 15.5 Å².